The lowest BCUT2D eigenvalue weighted by molar-refractivity contribution is 0.0492. The Morgan fingerprint density at radius 1 is 1.12 bits per heavy atom. The van der Waals surface area contributed by atoms with Crippen molar-refractivity contribution in [2.45, 2.75) is 45.8 Å². The zero-order valence-corrected chi connectivity index (χ0v) is 23.4. The van der Waals surface area contributed by atoms with E-state index in [1.807, 2.05) is 49.5 Å². The highest BCUT2D eigenvalue weighted by molar-refractivity contribution is 5.93. The smallest absolute Gasteiger partial charge is 0.374 e. The number of rotatable bonds is 10. The molecule has 6 rings (SSSR count). The highest BCUT2D eigenvalue weighted by Crippen LogP contribution is 2.36. The van der Waals surface area contributed by atoms with E-state index in [0.717, 1.165) is 71.3 Å². The molecule has 8 nitrogen and oxygen atoms in total. The molecule has 8 heteroatoms. The van der Waals surface area contributed by atoms with E-state index in [-0.39, 0.29) is 25.1 Å². The number of esters is 1. The first kappa shape index (κ1) is 26.9. The minimum absolute atomic E-state index is 0.00721. The van der Waals surface area contributed by atoms with Crippen molar-refractivity contribution in [3.05, 3.63) is 89.6 Å². The second-order valence-corrected chi connectivity index (χ2v) is 10.4. The zero-order valence-electron chi connectivity index (χ0n) is 23.4. The largest absolute Gasteiger partial charge is 0.489 e. The van der Waals surface area contributed by atoms with Gasteiger partial charge in [-0.15, -0.1) is 0 Å². The number of piperidine rings is 1. The van der Waals surface area contributed by atoms with Crippen molar-refractivity contribution in [1.82, 2.24) is 10.3 Å². The summed E-state index contributed by atoms with van der Waals surface area (Å²) in [5, 5.41) is 5.27. The minimum atomic E-state index is -0.482. The van der Waals surface area contributed by atoms with Crippen LogP contribution in [0.3, 0.4) is 0 Å². The number of nitrogens with zero attached hydrogens (tertiary/aromatic N) is 1. The lowest BCUT2D eigenvalue weighted by atomic mass is 9.90. The van der Waals surface area contributed by atoms with Crippen LogP contribution in [-0.4, -0.2) is 36.8 Å². The lowest BCUT2D eigenvalue weighted by Gasteiger charge is -2.31. The number of hydrogen-bond acceptors (Lipinski definition) is 8. The Bertz CT molecular complexity index is 1630. The average molecular weight is 555 g/mol. The molecule has 0 bridgehead atoms. The third kappa shape index (κ3) is 5.93. The molecule has 1 aliphatic heterocycles. The fraction of sp³-hybridized carbons (Fsp3) is 0.333. The Morgan fingerprint density at radius 2 is 2.05 bits per heavy atom. The van der Waals surface area contributed by atoms with Crippen molar-refractivity contribution in [3.63, 3.8) is 0 Å². The summed E-state index contributed by atoms with van der Waals surface area (Å²) in [5.41, 5.74) is 3.52. The summed E-state index contributed by atoms with van der Waals surface area (Å²) in [6, 6.07) is 17.2. The van der Waals surface area contributed by atoms with Gasteiger partial charge in [0.2, 0.25) is 5.76 Å². The molecule has 1 saturated heterocycles. The van der Waals surface area contributed by atoms with Gasteiger partial charge in [0.1, 0.15) is 41.1 Å². The molecule has 2 atom stereocenters. The molecule has 0 radical (unpaired) electrons. The number of benzene rings is 2. The molecule has 0 spiro atoms. The van der Waals surface area contributed by atoms with Crippen LogP contribution in [0.25, 0.3) is 21.9 Å². The minimum Gasteiger partial charge on any atom is -0.489 e. The van der Waals surface area contributed by atoms with Gasteiger partial charge in [-0.25, -0.2) is 4.79 Å². The number of furan rings is 2. The van der Waals surface area contributed by atoms with E-state index in [2.05, 4.69) is 16.4 Å². The number of nitrogens with one attached hydrogen (secondary N) is 1. The molecule has 212 valence electrons. The SMILES string of the molecule is CCOC(=O)c1cc2cc(OCc3oc4cccc(OC(Cc5cccnc5)C5CCCNC5)c4c3C)ccc2o1. The normalized spacial score (nSPS) is 16.1. The number of ether oxygens (including phenoxy) is 3. The summed E-state index contributed by atoms with van der Waals surface area (Å²) in [7, 11) is 0. The third-order valence-corrected chi connectivity index (χ3v) is 7.65. The average Bonchev–Trinajstić information content (AvgIpc) is 3.58. The Labute approximate surface area is 238 Å². The summed E-state index contributed by atoms with van der Waals surface area (Å²) in [6.45, 7) is 6.33. The first-order valence-corrected chi connectivity index (χ1v) is 14.2. The topological polar surface area (TPSA) is 96.0 Å². The van der Waals surface area contributed by atoms with Gasteiger partial charge in [-0.05, 0) is 81.3 Å². The van der Waals surface area contributed by atoms with Crippen LogP contribution in [0.5, 0.6) is 11.5 Å². The predicted molar refractivity (Wildman–Crippen MR) is 155 cm³/mol. The van der Waals surface area contributed by atoms with Crippen molar-refractivity contribution in [3.8, 4) is 11.5 Å². The van der Waals surface area contributed by atoms with Crippen molar-refractivity contribution in [2.24, 2.45) is 5.92 Å². The molecule has 0 saturated carbocycles. The van der Waals surface area contributed by atoms with E-state index in [9.17, 15) is 4.79 Å². The monoisotopic (exact) mass is 554 g/mol. The second-order valence-electron chi connectivity index (χ2n) is 10.4. The van der Waals surface area contributed by atoms with E-state index in [1.54, 1.807) is 25.3 Å². The fourth-order valence-electron chi connectivity index (χ4n) is 5.53. The quantitative estimate of drug-likeness (QED) is 0.192. The maximum Gasteiger partial charge on any atom is 0.374 e. The number of aryl methyl sites for hydroxylation is 1. The standard InChI is InChI=1S/C33H34N2O6/c1-3-37-33(36)30-17-24-16-25(11-12-26(24)39-30)38-20-31-21(2)32-27(9-4-10-28(32)41-31)40-29(23-8-6-14-35-19-23)15-22-7-5-13-34-18-22/h4-5,7,9-13,16-18,23,29,35H,3,6,8,14-15,19-20H2,1-2H3. The Hall–Kier alpha value is -4.30. The van der Waals surface area contributed by atoms with Crippen LogP contribution in [0.1, 0.15) is 47.2 Å². The summed E-state index contributed by atoms with van der Waals surface area (Å²) < 4.78 is 29.8. The highest BCUT2D eigenvalue weighted by Gasteiger charge is 2.27. The molecule has 41 heavy (non-hydrogen) atoms. The number of carbonyl (C=O) groups excluding carboxylic acids is 1. The van der Waals surface area contributed by atoms with Gasteiger partial charge in [-0.3, -0.25) is 4.98 Å². The van der Waals surface area contributed by atoms with Gasteiger partial charge in [-0.2, -0.15) is 0 Å². The molecule has 2 aromatic carbocycles. The second kappa shape index (κ2) is 12.1. The van der Waals surface area contributed by atoms with Gasteiger partial charge >= 0.3 is 5.97 Å². The Balaban J connectivity index is 1.22. The van der Waals surface area contributed by atoms with E-state index in [4.69, 9.17) is 23.0 Å². The molecule has 1 aliphatic rings. The van der Waals surface area contributed by atoms with Crippen LogP contribution >= 0.6 is 0 Å². The molecule has 2 unspecified atom stereocenters. The molecule has 3 aromatic heterocycles. The molecule has 0 aliphatic carbocycles. The van der Waals surface area contributed by atoms with Crippen molar-refractivity contribution >= 4 is 27.9 Å². The molecule has 4 heterocycles. The summed E-state index contributed by atoms with van der Waals surface area (Å²) in [6.07, 6.45) is 6.78. The van der Waals surface area contributed by atoms with Crippen LogP contribution in [0, 0.1) is 12.8 Å². The predicted octanol–water partition coefficient (Wildman–Crippen LogP) is 6.63. The molecular weight excluding hydrogens is 520 g/mol. The Kier molecular flexibility index (Phi) is 7.91. The van der Waals surface area contributed by atoms with Crippen LogP contribution < -0.4 is 14.8 Å². The lowest BCUT2D eigenvalue weighted by Crippen LogP contribution is -2.40. The fourth-order valence-corrected chi connectivity index (χ4v) is 5.53. The van der Waals surface area contributed by atoms with E-state index >= 15 is 0 Å². The molecule has 1 N–H and O–H groups in total. The van der Waals surface area contributed by atoms with E-state index in [0.29, 0.717) is 17.3 Å². The van der Waals surface area contributed by atoms with Gasteiger partial charge in [0.05, 0.1) is 12.0 Å². The van der Waals surface area contributed by atoms with Crippen molar-refractivity contribution in [1.29, 1.82) is 0 Å². The third-order valence-electron chi connectivity index (χ3n) is 7.65. The number of pyridine rings is 1. The van der Waals surface area contributed by atoms with Crippen molar-refractivity contribution in [2.75, 3.05) is 19.7 Å². The Morgan fingerprint density at radius 3 is 2.85 bits per heavy atom. The number of hydrogen-bond donors (Lipinski definition) is 1. The van der Waals surface area contributed by atoms with Gasteiger partial charge in [0, 0.05) is 42.2 Å². The zero-order chi connectivity index (χ0) is 28.2. The van der Waals surface area contributed by atoms with Crippen LogP contribution in [0.2, 0.25) is 0 Å². The van der Waals surface area contributed by atoms with Gasteiger partial charge in [0.25, 0.3) is 0 Å². The van der Waals surface area contributed by atoms with E-state index < -0.39 is 5.97 Å². The molecule has 1 fully saturated rings. The highest BCUT2D eigenvalue weighted by atomic mass is 16.5. The van der Waals surface area contributed by atoms with Crippen LogP contribution in [0.4, 0.5) is 0 Å². The summed E-state index contributed by atoms with van der Waals surface area (Å²) >= 11 is 0. The number of carbonyl (C=O) groups is 1. The summed E-state index contributed by atoms with van der Waals surface area (Å²) in [5.74, 6) is 2.29. The molecular formula is C33H34N2O6. The van der Waals surface area contributed by atoms with Crippen LogP contribution in [-0.2, 0) is 17.8 Å². The molecule has 0 amide bonds. The number of aromatic nitrogens is 1. The van der Waals surface area contributed by atoms with Gasteiger partial charge in [-0.1, -0.05) is 12.1 Å². The molecule has 5 aromatic rings. The van der Waals surface area contributed by atoms with Crippen molar-refractivity contribution < 1.29 is 27.8 Å². The first-order chi connectivity index (χ1) is 20.1. The van der Waals surface area contributed by atoms with E-state index in [1.165, 1.54) is 0 Å². The van der Waals surface area contributed by atoms with Gasteiger partial charge < -0.3 is 28.4 Å². The first-order valence-electron chi connectivity index (χ1n) is 14.2. The maximum atomic E-state index is 12.0. The van der Waals surface area contributed by atoms with Gasteiger partial charge in [0.15, 0.2) is 0 Å². The van der Waals surface area contributed by atoms with Crippen LogP contribution in [0.15, 0.2) is 75.8 Å². The summed E-state index contributed by atoms with van der Waals surface area (Å²) in [4.78, 5) is 16.3. The number of fused-ring (bicyclic) bond motifs is 2. The maximum absolute atomic E-state index is 12.0.